The standard InChI is InChI=1S/C15H19N3OS/c1-15(2,8-13(16)19)17-9-14-18-12(10-20-14)11-6-4-3-5-7-11/h3-7,10,17H,8-9H2,1-2H3,(H2,16,19). The van der Waals surface area contributed by atoms with Gasteiger partial charge in [0.2, 0.25) is 5.91 Å². The fourth-order valence-electron chi connectivity index (χ4n) is 1.95. The molecule has 0 unspecified atom stereocenters. The number of primary amides is 1. The molecule has 2 rings (SSSR count). The zero-order valence-electron chi connectivity index (χ0n) is 11.7. The second-order valence-electron chi connectivity index (χ2n) is 5.37. The maximum absolute atomic E-state index is 11.0. The number of amides is 1. The summed E-state index contributed by atoms with van der Waals surface area (Å²) in [7, 11) is 0. The Bertz CT molecular complexity index is 578. The van der Waals surface area contributed by atoms with Crippen LogP contribution in [0.2, 0.25) is 0 Å². The molecule has 0 aliphatic rings. The van der Waals surface area contributed by atoms with Crippen LogP contribution in [0.4, 0.5) is 0 Å². The summed E-state index contributed by atoms with van der Waals surface area (Å²) in [4.78, 5) is 15.6. The van der Waals surface area contributed by atoms with Gasteiger partial charge in [-0.1, -0.05) is 30.3 Å². The summed E-state index contributed by atoms with van der Waals surface area (Å²) >= 11 is 1.61. The third-order valence-corrected chi connectivity index (χ3v) is 3.80. The number of hydrogen-bond donors (Lipinski definition) is 2. The smallest absolute Gasteiger partial charge is 0.219 e. The molecule has 0 aliphatic carbocycles. The molecule has 0 spiro atoms. The van der Waals surface area contributed by atoms with E-state index in [2.05, 4.69) is 10.3 Å². The summed E-state index contributed by atoms with van der Waals surface area (Å²) in [5, 5.41) is 6.37. The SMILES string of the molecule is CC(C)(CC(N)=O)NCc1nc(-c2ccccc2)cs1. The number of aromatic nitrogens is 1. The van der Waals surface area contributed by atoms with Crippen molar-refractivity contribution in [2.75, 3.05) is 0 Å². The van der Waals surface area contributed by atoms with Crippen LogP contribution in [0.25, 0.3) is 11.3 Å². The van der Waals surface area contributed by atoms with E-state index in [9.17, 15) is 4.79 Å². The summed E-state index contributed by atoms with van der Waals surface area (Å²) in [5.74, 6) is -0.299. The van der Waals surface area contributed by atoms with Gasteiger partial charge in [-0.2, -0.15) is 0 Å². The maximum Gasteiger partial charge on any atom is 0.219 e. The van der Waals surface area contributed by atoms with Crippen LogP contribution < -0.4 is 11.1 Å². The van der Waals surface area contributed by atoms with Crippen LogP contribution in [0.5, 0.6) is 0 Å². The van der Waals surface area contributed by atoms with Crippen LogP contribution in [-0.2, 0) is 11.3 Å². The minimum Gasteiger partial charge on any atom is -0.370 e. The van der Waals surface area contributed by atoms with Gasteiger partial charge in [0.25, 0.3) is 0 Å². The number of thiazole rings is 1. The Morgan fingerprint density at radius 2 is 2.05 bits per heavy atom. The van der Waals surface area contributed by atoms with E-state index in [1.54, 1.807) is 11.3 Å². The lowest BCUT2D eigenvalue weighted by molar-refractivity contribution is -0.119. The van der Waals surface area contributed by atoms with Crippen molar-refractivity contribution in [2.45, 2.75) is 32.4 Å². The largest absolute Gasteiger partial charge is 0.370 e. The first-order chi connectivity index (χ1) is 9.46. The average molecular weight is 289 g/mol. The van der Waals surface area contributed by atoms with Crippen molar-refractivity contribution in [3.63, 3.8) is 0 Å². The number of nitrogens with zero attached hydrogens (tertiary/aromatic N) is 1. The molecule has 0 saturated heterocycles. The van der Waals surface area contributed by atoms with Gasteiger partial charge in [0.05, 0.1) is 5.69 Å². The van der Waals surface area contributed by atoms with E-state index in [1.807, 2.05) is 49.6 Å². The summed E-state index contributed by atoms with van der Waals surface area (Å²) in [6.07, 6.45) is 0.309. The highest BCUT2D eigenvalue weighted by molar-refractivity contribution is 7.09. The normalized spacial score (nSPS) is 11.5. The lowest BCUT2D eigenvalue weighted by atomic mass is 10.0. The van der Waals surface area contributed by atoms with E-state index in [-0.39, 0.29) is 11.4 Å². The van der Waals surface area contributed by atoms with Gasteiger partial charge in [0.15, 0.2) is 0 Å². The number of benzene rings is 1. The summed E-state index contributed by atoms with van der Waals surface area (Å²) < 4.78 is 0. The first kappa shape index (κ1) is 14.7. The molecule has 0 saturated carbocycles. The van der Waals surface area contributed by atoms with Crippen molar-refractivity contribution in [3.05, 3.63) is 40.7 Å². The minimum atomic E-state index is -0.315. The third kappa shape index (κ3) is 4.15. The van der Waals surface area contributed by atoms with Gasteiger partial charge < -0.3 is 11.1 Å². The zero-order chi connectivity index (χ0) is 14.6. The molecule has 0 atom stereocenters. The number of hydrogen-bond acceptors (Lipinski definition) is 4. The van der Waals surface area contributed by atoms with Crippen LogP contribution in [0.3, 0.4) is 0 Å². The lowest BCUT2D eigenvalue weighted by Gasteiger charge is -2.24. The Balaban J connectivity index is 1.99. The Morgan fingerprint density at radius 1 is 1.35 bits per heavy atom. The monoisotopic (exact) mass is 289 g/mol. The van der Waals surface area contributed by atoms with E-state index in [0.29, 0.717) is 13.0 Å². The fourth-order valence-corrected chi connectivity index (χ4v) is 2.69. The van der Waals surface area contributed by atoms with Gasteiger partial charge in [0.1, 0.15) is 5.01 Å². The molecule has 0 radical (unpaired) electrons. The lowest BCUT2D eigenvalue weighted by Crippen LogP contribution is -2.42. The molecular weight excluding hydrogens is 270 g/mol. The minimum absolute atomic E-state index is 0.299. The molecule has 106 valence electrons. The molecule has 2 aromatic rings. The molecule has 20 heavy (non-hydrogen) atoms. The van der Waals surface area contributed by atoms with E-state index >= 15 is 0 Å². The summed E-state index contributed by atoms with van der Waals surface area (Å²) in [6, 6.07) is 10.1. The highest BCUT2D eigenvalue weighted by atomic mass is 32.1. The fraction of sp³-hybridized carbons (Fsp3) is 0.333. The first-order valence-corrected chi connectivity index (χ1v) is 7.37. The van der Waals surface area contributed by atoms with Gasteiger partial charge >= 0.3 is 0 Å². The van der Waals surface area contributed by atoms with Crippen LogP contribution >= 0.6 is 11.3 Å². The van der Waals surface area contributed by atoms with E-state index in [4.69, 9.17) is 5.73 Å². The molecular formula is C15H19N3OS. The van der Waals surface area contributed by atoms with Gasteiger partial charge in [-0.3, -0.25) is 4.79 Å². The van der Waals surface area contributed by atoms with Crippen LogP contribution in [0.15, 0.2) is 35.7 Å². The molecule has 3 N–H and O–H groups in total. The van der Waals surface area contributed by atoms with Crippen molar-refractivity contribution in [1.82, 2.24) is 10.3 Å². The summed E-state index contributed by atoms with van der Waals surface area (Å²) in [6.45, 7) is 4.56. The van der Waals surface area contributed by atoms with Gasteiger partial charge in [-0.25, -0.2) is 4.98 Å². The molecule has 1 heterocycles. The van der Waals surface area contributed by atoms with E-state index in [1.165, 1.54) is 0 Å². The molecule has 1 amide bonds. The number of carbonyl (C=O) groups excluding carboxylic acids is 1. The number of carbonyl (C=O) groups is 1. The second kappa shape index (κ2) is 6.15. The predicted octanol–water partition coefficient (Wildman–Crippen LogP) is 2.55. The van der Waals surface area contributed by atoms with Crippen LogP contribution in [-0.4, -0.2) is 16.4 Å². The molecule has 1 aromatic carbocycles. The number of nitrogens with two attached hydrogens (primary N) is 1. The topological polar surface area (TPSA) is 68.0 Å². The molecule has 0 aliphatic heterocycles. The van der Waals surface area contributed by atoms with Crippen molar-refractivity contribution in [3.8, 4) is 11.3 Å². The highest BCUT2D eigenvalue weighted by Gasteiger charge is 2.20. The Labute approximate surface area is 123 Å². The molecule has 4 nitrogen and oxygen atoms in total. The molecule has 0 bridgehead atoms. The van der Waals surface area contributed by atoms with Gasteiger partial charge in [-0.05, 0) is 13.8 Å². The average Bonchev–Trinajstić information content (AvgIpc) is 2.85. The van der Waals surface area contributed by atoms with E-state index < -0.39 is 0 Å². The van der Waals surface area contributed by atoms with Crippen molar-refractivity contribution >= 4 is 17.2 Å². The Kier molecular flexibility index (Phi) is 4.52. The van der Waals surface area contributed by atoms with Crippen molar-refractivity contribution < 1.29 is 4.79 Å². The molecule has 5 heteroatoms. The van der Waals surface area contributed by atoms with Gasteiger partial charge in [-0.15, -0.1) is 11.3 Å². The number of nitrogens with one attached hydrogen (secondary N) is 1. The van der Waals surface area contributed by atoms with Crippen LogP contribution in [0, 0.1) is 0 Å². The summed E-state index contributed by atoms with van der Waals surface area (Å²) in [5.41, 5.74) is 7.02. The van der Waals surface area contributed by atoms with E-state index in [0.717, 1.165) is 16.3 Å². The Morgan fingerprint density at radius 3 is 2.70 bits per heavy atom. The first-order valence-electron chi connectivity index (χ1n) is 6.49. The third-order valence-electron chi connectivity index (χ3n) is 2.96. The highest BCUT2D eigenvalue weighted by Crippen LogP contribution is 2.22. The quantitative estimate of drug-likeness (QED) is 0.858. The predicted molar refractivity (Wildman–Crippen MR) is 82.3 cm³/mol. The van der Waals surface area contributed by atoms with Crippen LogP contribution in [0.1, 0.15) is 25.3 Å². The maximum atomic E-state index is 11.0. The molecule has 0 fully saturated rings. The number of rotatable bonds is 6. The zero-order valence-corrected chi connectivity index (χ0v) is 12.5. The second-order valence-corrected chi connectivity index (χ2v) is 6.32. The van der Waals surface area contributed by atoms with Gasteiger partial charge in [0, 0.05) is 29.4 Å². The Hall–Kier alpha value is -1.72. The molecule has 1 aromatic heterocycles. The van der Waals surface area contributed by atoms with Crippen molar-refractivity contribution in [2.24, 2.45) is 5.73 Å². The van der Waals surface area contributed by atoms with Crippen molar-refractivity contribution in [1.29, 1.82) is 0 Å².